The number of aliphatic hydroxyl groups is 1. The van der Waals surface area contributed by atoms with Crippen LogP contribution in [-0.4, -0.2) is 21.8 Å². The molecule has 0 amide bonds. The van der Waals surface area contributed by atoms with Crippen LogP contribution in [0.1, 0.15) is 25.3 Å². The summed E-state index contributed by atoms with van der Waals surface area (Å²) in [5.41, 5.74) is -0.639. The minimum Gasteiger partial charge on any atom is -0.481 e. The summed E-state index contributed by atoms with van der Waals surface area (Å²) in [6.45, 7) is 3.00. The number of carbonyl (C=O) groups is 1. The van der Waals surface area contributed by atoms with Crippen LogP contribution in [0.5, 0.6) is 0 Å². The highest BCUT2D eigenvalue weighted by Gasteiger charge is 2.34. The van der Waals surface area contributed by atoms with Gasteiger partial charge in [-0.3, -0.25) is 4.79 Å². The molecule has 0 unspecified atom stereocenters. The zero-order chi connectivity index (χ0) is 10.8. The van der Waals surface area contributed by atoms with Gasteiger partial charge in [0.25, 0.3) is 0 Å². The fraction of sp³-hybridized carbons (Fsp3) is 0.364. The van der Waals surface area contributed by atoms with Gasteiger partial charge in [-0.15, -0.1) is 0 Å². The molecule has 1 aromatic carbocycles. The van der Waals surface area contributed by atoms with Gasteiger partial charge in [0.1, 0.15) is 5.92 Å². The molecule has 0 radical (unpaired) electrons. The fourth-order valence-electron chi connectivity index (χ4n) is 1.50. The van der Waals surface area contributed by atoms with E-state index in [2.05, 4.69) is 0 Å². The molecule has 0 bridgehead atoms. The number of hydrogen-bond donors (Lipinski definition) is 2. The number of hydrogen-bond acceptors (Lipinski definition) is 2. The van der Waals surface area contributed by atoms with Gasteiger partial charge in [-0.2, -0.15) is 0 Å². The lowest BCUT2D eigenvalue weighted by molar-refractivity contribution is -0.144. The highest BCUT2D eigenvalue weighted by Crippen LogP contribution is 2.27. The third kappa shape index (κ3) is 2.33. The third-order valence-corrected chi connectivity index (χ3v) is 2.09. The van der Waals surface area contributed by atoms with Crippen molar-refractivity contribution in [3.8, 4) is 0 Å². The summed E-state index contributed by atoms with van der Waals surface area (Å²) < 4.78 is 0. The molecule has 3 heteroatoms. The minimum absolute atomic E-state index is 0.618. The van der Waals surface area contributed by atoms with Crippen LogP contribution >= 0.6 is 0 Å². The van der Waals surface area contributed by atoms with E-state index in [9.17, 15) is 9.90 Å². The van der Waals surface area contributed by atoms with Crippen molar-refractivity contribution in [3.05, 3.63) is 35.9 Å². The quantitative estimate of drug-likeness (QED) is 0.768. The normalized spacial score (nSPS) is 13.6. The molecular formula is C11H14O3. The minimum atomic E-state index is -1.26. The maximum atomic E-state index is 11.0. The van der Waals surface area contributed by atoms with Crippen LogP contribution in [0.25, 0.3) is 0 Å². The van der Waals surface area contributed by atoms with Gasteiger partial charge in [0.2, 0.25) is 0 Å². The lowest BCUT2D eigenvalue weighted by Gasteiger charge is -2.25. The summed E-state index contributed by atoms with van der Waals surface area (Å²) in [5.74, 6) is -1.90. The Morgan fingerprint density at radius 1 is 1.29 bits per heavy atom. The molecule has 0 saturated carbocycles. The van der Waals surface area contributed by atoms with Crippen molar-refractivity contribution in [2.75, 3.05) is 0 Å². The van der Waals surface area contributed by atoms with Gasteiger partial charge < -0.3 is 10.2 Å². The van der Waals surface area contributed by atoms with Crippen LogP contribution in [0.4, 0.5) is 0 Å². The molecule has 0 spiro atoms. The van der Waals surface area contributed by atoms with E-state index in [1.165, 1.54) is 13.8 Å². The molecule has 0 fully saturated rings. The zero-order valence-electron chi connectivity index (χ0n) is 8.27. The Morgan fingerprint density at radius 3 is 2.14 bits per heavy atom. The third-order valence-electron chi connectivity index (χ3n) is 2.09. The molecule has 1 aromatic rings. The Morgan fingerprint density at radius 2 is 1.79 bits per heavy atom. The van der Waals surface area contributed by atoms with Crippen molar-refractivity contribution in [1.82, 2.24) is 0 Å². The van der Waals surface area contributed by atoms with E-state index in [1.807, 2.05) is 6.07 Å². The van der Waals surface area contributed by atoms with Crippen molar-refractivity contribution in [1.29, 1.82) is 0 Å². The highest BCUT2D eigenvalue weighted by atomic mass is 16.4. The Labute approximate surface area is 83.0 Å². The van der Waals surface area contributed by atoms with Crippen LogP contribution in [0.2, 0.25) is 0 Å². The molecule has 0 saturated heterocycles. The Balaban J connectivity index is 3.08. The fourth-order valence-corrected chi connectivity index (χ4v) is 1.50. The molecule has 14 heavy (non-hydrogen) atoms. The van der Waals surface area contributed by atoms with E-state index in [0.29, 0.717) is 5.56 Å². The van der Waals surface area contributed by atoms with Gasteiger partial charge >= 0.3 is 5.97 Å². The van der Waals surface area contributed by atoms with E-state index < -0.39 is 17.5 Å². The molecule has 2 N–H and O–H groups in total. The van der Waals surface area contributed by atoms with Gasteiger partial charge in [-0.1, -0.05) is 30.3 Å². The van der Waals surface area contributed by atoms with Crippen LogP contribution in [0.15, 0.2) is 30.3 Å². The maximum absolute atomic E-state index is 11.0. The van der Waals surface area contributed by atoms with Gasteiger partial charge in [0.05, 0.1) is 5.60 Å². The van der Waals surface area contributed by atoms with E-state index >= 15 is 0 Å². The molecule has 3 nitrogen and oxygen atoms in total. The number of rotatable bonds is 3. The largest absolute Gasteiger partial charge is 0.481 e. The summed E-state index contributed by atoms with van der Waals surface area (Å²) >= 11 is 0. The Kier molecular flexibility index (Phi) is 2.91. The molecule has 0 aliphatic heterocycles. The molecule has 0 aromatic heterocycles. The topological polar surface area (TPSA) is 57.5 Å². The van der Waals surface area contributed by atoms with E-state index in [0.717, 1.165) is 0 Å². The average Bonchev–Trinajstić information content (AvgIpc) is 2.02. The average molecular weight is 194 g/mol. The van der Waals surface area contributed by atoms with Crippen LogP contribution < -0.4 is 0 Å². The number of carboxylic acids is 1. The first-order valence-electron chi connectivity index (χ1n) is 4.43. The van der Waals surface area contributed by atoms with Gasteiger partial charge in [0, 0.05) is 0 Å². The molecular weight excluding hydrogens is 180 g/mol. The summed E-state index contributed by atoms with van der Waals surface area (Å²) in [6.07, 6.45) is 0. The molecule has 0 aliphatic carbocycles. The van der Waals surface area contributed by atoms with Crippen molar-refractivity contribution in [3.63, 3.8) is 0 Å². The molecule has 1 atom stereocenters. The second kappa shape index (κ2) is 3.80. The Hall–Kier alpha value is -1.35. The highest BCUT2D eigenvalue weighted by molar-refractivity contribution is 5.77. The summed E-state index contributed by atoms with van der Waals surface area (Å²) in [6, 6.07) is 8.74. The molecule has 0 aliphatic rings. The standard InChI is InChI=1S/C11H14O3/c1-11(2,14)9(10(12)13)8-6-4-3-5-7-8/h3-7,9,14H,1-2H3,(H,12,13)/t9-/m0/s1. The predicted octanol–water partition coefficient (Wildman–Crippen LogP) is 1.63. The monoisotopic (exact) mass is 194 g/mol. The second-order valence-electron chi connectivity index (χ2n) is 3.84. The first-order chi connectivity index (χ1) is 6.43. The van der Waals surface area contributed by atoms with Gasteiger partial charge in [0.15, 0.2) is 0 Å². The van der Waals surface area contributed by atoms with E-state index in [4.69, 9.17) is 5.11 Å². The van der Waals surface area contributed by atoms with Crippen molar-refractivity contribution in [2.45, 2.75) is 25.4 Å². The van der Waals surface area contributed by atoms with Crippen LogP contribution in [-0.2, 0) is 4.79 Å². The smallest absolute Gasteiger partial charge is 0.313 e. The van der Waals surface area contributed by atoms with Crippen molar-refractivity contribution >= 4 is 5.97 Å². The van der Waals surface area contributed by atoms with E-state index in [-0.39, 0.29) is 0 Å². The number of carboxylic acid groups (broad SMARTS) is 1. The Bertz CT molecular complexity index is 311. The maximum Gasteiger partial charge on any atom is 0.313 e. The number of aliphatic carboxylic acids is 1. The molecule has 76 valence electrons. The molecule has 1 rings (SSSR count). The van der Waals surface area contributed by atoms with Crippen LogP contribution in [0.3, 0.4) is 0 Å². The number of benzene rings is 1. The van der Waals surface area contributed by atoms with Crippen molar-refractivity contribution in [2.24, 2.45) is 0 Å². The SMILES string of the molecule is CC(C)(O)[C@H](C(=O)O)c1ccccc1. The van der Waals surface area contributed by atoms with Gasteiger partial charge in [-0.25, -0.2) is 0 Å². The van der Waals surface area contributed by atoms with Gasteiger partial charge in [-0.05, 0) is 19.4 Å². The summed E-state index contributed by atoms with van der Waals surface area (Å²) in [7, 11) is 0. The first-order valence-corrected chi connectivity index (χ1v) is 4.43. The predicted molar refractivity (Wildman–Crippen MR) is 53.1 cm³/mol. The zero-order valence-corrected chi connectivity index (χ0v) is 8.27. The summed E-state index contributed by atoms with van der Waals surface area (Å²) in [5, 5.41) is 18.7. The lowest BCUT2D eigenvalue weighted by Crippen LogP contribution is -2.34. The van der Waals surface area contributed by atoms with Crippen molar-refractivity contribution < 1.29 is 15.0 Å². The first kappa shape index (κ1) is 10.7. The lowest BCUT2D eigenvalue weighted by atomic mass is 9.85. The second-order valence-corrected chi connectivity index (χ2v) is 3.84. The van der Waals surface area contributed by atoms with Crippen LogP contribution in [0, 0.1) is 0 Å². The summed E-state index contributed by atoms with van der Waals surface area (Å²) in [4.78, 5) is 11.0. The molecule has 0 heterocycles. The van der Waals surface area contributed by atoms with E-state index in [1.54, 1.807) is 24.3 Å².